The van der Waals surface area contributed by atoms with Gasteiger partial charge in [-0.3, -0.25) is 47.9 Å². The molecule has 4 rings (SSSR count). The summed E-state index contributed by atoms with van der Waals surface area (Å²) in [4.78, 5) is 126. The van der Waals surface area contributed by atoms with E-state index in [-0.39, 0.29) is 128 Å². The zero-order valence-electron chi connectivity index (χ0n) is 66.1. The summed E-state index contributed by atoms with van der Waals surface area (Å²) in [7, 11) is 0. The van der Waals surface area contributed by atoms with Crippen LogP contribution in [0.25, 0.3) is 0 Å². The fourth-order valence-electron chi connectivity index (χ4n) is 13.0. The highest BCUT2D eigenvalue weighted by Gasteiger charge is 2.62. The minimum absolute atomic E-state index is 0.0198. The first-order chi connectivity index (χ1) is 46.9. The largest absolute Gasteiger partial charge is 0.508 e. The van der Waals surface area contributed by atoms with Gasteiger partial charge in [0.05, 0.1) is 35.9 Å². The number of allylic oxidation sites excluding steroid dienone is 8. The van der Waals surface area contributed by atoms with E-state index in [0.717, 1.165) is 11.1 Å². The van der Waals surface area contributed by atoms with E-state index >= 15 is 0 Å². The van der Waals surface area contributed by atoms with Crippen LogP contribution in [0.5, 0.6) is 0 Å². The van der Waals surface area contributed by atoms with Gasteiger partial charge in [0.15, 0.2) is 80.2 Å². The fraction of sp³-hybridized carbons (Fsp3) is 0.732. The minimum atomic E-state index is -2.26. The van der Waals surface area contributed by atoms with Crippen LogP contribution in [0.4, 0.5) is 0 Å². The molecule has 0 bridgehead atoms. The molecule has 6 unspecified atom stereocenters. The highest BCUT2D eigenvalue weighted by molar-refractivity contribution is 6.27. The van der Waals surface area contributed by atoms with Crippen molar-refractivity contribution in [1.29, 1.82) is 0 Å². The molecule has 4 aliphatic rings. The van der Waals surface area contributed by atoms with Crippen molar-refractivity contribution in [2.75, 3.05) is 0 Å². The van der Waals surface area contributed by atoms with Gasteiger partial charge in [0.1, 0.15) is 45.3 Å². The standard InChI is InChI=1S/C22H36O5.C21H34O5.C20H32O5.C19H30O5/c1-13(2)7-10-16-20(25)19(17(23)11-8-14(3)4)21(26)22(16,27)18(24)12-9-15(5)6;1-12(2)7-9-15-19(24)18(16(22)11-14(5)6)20(25)21(15,26)17(23)10-8-13(3)4;1-11(2)7-9-14-18(23)16(17(22)13(5)6)19(24)20(14,25)15(21)10-8-12(3)4;1-6-14(20)16-17(22)13(9-7-11(2)3)19(24,18(16)23)15(21)10-8-12(4)5/h7,14-16,18,24,26-27H,8-12H2,1-6H3;7,13-15,17,23,25-26H,8-11H2,1-6H3;11-14,24-25H,7-10H2,1-6H3;11-13,23-24H,6-10H2,1-5H3/t16-,18?,22?;15-,17?,21?;14-,20?;13-,19?/m1111/s1. The maximum atomic E-state index is 12.9. The monoisotopic (exact) mass is 1440 g/mol. The van der Waals surface area contributed by atoms with E-state index in [2.05, 4.69) is 0 Å². The number of carbonyl (C=O) groups excluding carboxylic acids is 10. The number of Topliss-reactive ketones (excluding diaryl/α,β-unsaturated/α-hetero) is 10. The summed E-state index contributed by atoms with van der Waals surface area (Å²) in [6, 6.07) is 0. The van der Waals surface area contributed by atoms with Crippen molar-refractivity contribution in [1.82, 2.24) is 0 Å². The lowest BCUT2D eigenvalue weighted by atomic mass is 9.79. The fourth-order valence-corrected chi connectivity index (χ4v) is 13.0. The number of aliphatic hydroxyl groups is 10. The molecule has 0 aromatic rings. The molecule has 0 amide bonds. The average Bonchev–Trinajstić information content (AvgIpc) is 1.62. The Morgan fingerprint density at radius 3 is 0.971 bits per heavy atom. The molecule has 10 atom stereocenters. The summed E-state index contributed by atoms with van der Waals surface area (Å²) in [5, 5.41) is 108. The lowest BCUT2D eigenvalue weighted by Gasteiger charge is -2.34. The molecule has 4 aliphatic carbocycles. The molecular formula is C82H132O20. The number of hydrogen-bond acceptors (Lipinski definition) is 20. The Hall–Kier alpha value is -5.90. The summed E-state index contributed by atoms with van der Waals surface area (Å²) >= 11 is 0. The molecule has 0 spiro atoms. The third kappa shape index (κ3) is 23.8. The van der Waals surface area contributed by atoms with E-state index in [1.54, 1.807) is 32.9 Å². The van der Waals surface area contributed by atoms with E-state index < -0.39 is 145 Å². The van der Waals surface area contributed by atoms with Crippen molar-refractivity contribution in [3.63, 3.8) is 0 Å². The number of aliphatic hydroxyl groups excluding tert-OH is 6. The first-order valence-electron chi connectivity index (χ1n) is 37.5. The molecule has 0 aromatic heterocycles. The number of ketones is 10. The molecule has 0 aromatic carbocycles. The van der Waals surface area contributed by atoms with Gasteiger partial charge in [0.2, 0.25) is 0 Å². The maximum absolute atomic E-state index is 12.9. The lowest BCUT2D eigenvalue weighted by Crippen LogP contribution is -2.49. The molecule has 0 saturated carbocycles. The van der Waals surface area contributed by atoms with Gasteiger partial charge in [-0.1, -0.05) is 168 Å². The Kier molecular flexibility index (Phi) is 37.9. The summed E-state index contributed by atoms with van der Waals surface area (Å²) in [6.45, 7) is 43.6. The summed E-state index contributed by atoms with van der Waals surface area (Å²) in [5.74, 6) is -11.0. The molecule has 0 aliphatic heterocycles. The molecule has 102 heavy (non-hydrogen) atoms. The smallest absolute Gasteiger partial charge is 0.190 e. The third-order valence-electron chi connectivity index (χ3n) is 19.6. The first-order valence-corrected chi connectivity index (χ1v) is 37.5. The Labute approximate surface area is 609 Å². The SMILES string of the molecule is CC(C)=CC[C@@H]1C(=O)C(C(=O)CC(C)C)=C(O)C1(O)C(O)CCC(C)C.CC(C)=CC[C@@H]1C(=O)C(C(=O)CCC(C)C)=C(O)C1(O)C(O)CCC(C)C.CC(C)CCC(=O)C1(O)C(O)=C(C(=O)C(C)C)C(=O)[C@H]1CCC(C)C.CCC(=O)C1=C(O)C(O)(C(=O)CCC(C)C)[C@H](CCC(C)C)C1=O. The molecule has 0 radical (unpaired) electrons. The van der Waals surface area contributed by atoms with Crippen LogP contribution in [0.1, 0.15) is 275 Å². The number of hydrogen-bond donors (Lipinski definition) is 10. The first kappa shape index (κ1) is 94.1. The van der Waals surface area contributed by atoms with Crippen LogP contribution < -0.4 is 0 Å². The maximum Gasteiger partial charge on any atom is 0.190 e. The lowest BCUT2D eigenvalue weighted by molar-refractivity contribution is -0.145. The summed E-state index contributed by atoms with van der Waals surface area (Å²) in [5.41, 5.74) is -8.25. The van der Waals surface area contributed by atoms with Gasteiger partial charge < -0.3 is 51.1 Å². The van der Waals surface area contributed by atoms with E-state index in [4.69, 9.17) is 0 Å². The van der Waals surface area contributed by atoms with Gasteiger partial charge in [0, 0.05) is 38.0 Å². The molecule has 0 fully saturated rings. The Morgan fingerprint density at radius 2 is 0.667 bits per heavy atom. The predicted molar refractivity (Wildman–Crippen MR) is 396 cm³/mol. The van der Waals surface area contributed by atoms with E-state index in [1.165, 1.54) is 0 Å². The quantitative estimate of drug-likeness (QED) is 0.0204. The zero-order chi connectivity index (χ0) is 79.3. The van der Waals surface area contributed by atoms with Crippen LogP contribution in [0.15, 0.2) is 68.6 Å². The van der Waals surface area contributed by atoms with Gasteiger partial charge in [0.25, 0.3) is 0 Å². The van der Waals surface area contributed by atoms with Crippen molar-refractivity contribution in [2.45, 2.75) is 309 Å². The highest BCUT2D eigenvalue weighted by Crippen LogP contribution is 2.48. The second kappa shape index (κ2) is 41.1. The van der Waals surface area contributed by atoms with Crippen LogP contribution in [0.2, 0.25) is 0 Å². The van der Waals surface area contributed by atoms with Crippen LogP contribution in [0, 0.1) is 76.9 Å². The Bertz CT molecular complexity index is 3150. The van der Waals surface area contributed by atoms with Crippen molar-refractivity contribution in [3.05, 3.63) is 68.6 Å². The summed E-state index contributed by atoms with van der Waals surface area (Å²) in [6.07, 6.45) is 6.91. The minimum Gasteiger partial charge on any atom is -0.508 e. The normalized spacial score (nSPS) is 24.3. The van der Waals surface area contributed by atoms with Crippen molar-refractivity contribution in [2.24, 2.45) is 76.9 Å². The molecule has 20 nitrogen and oxygen atoms in total. The van der Waals surface area contributed by atoms with Crippen molar-refractivity contribution < 1.29 is 99.0 Å². The molecule has 0 saturated heterocycles. The molecule has 580 valence electrons. The Morgan fingerprint density at radius 1 is 0.373 bits per heavy atom. The van der Waals surface area contributed by atoms with Crippen molar-refractivity contribution in [3.8, 4) is 0 Å². The topological polar surface area (TPSA) is 373 Å². The van der Waals surface area contributed by atoms with Crippen LogP contribution in [-0.2, 0) is 47.9 Å². The van der Waals surface area contributed by atoms with E-state index in [9.17, 15) is 99.0 Å². The van der Waals surface area contributed by atoms with Crippen LogP contribution >= 0.6 is 0 Å². The zero-order valence-corrected chi connectivity index (χ0v) is 66.1. The van der Waals surface area contributed by atoms with Gasteiger partial charge in [-0.15, -0.1) is 0 Å². The van der Waals surface area contributed by atoms with Gasteiger partial charge in [-0.05, 0) is 146 Å². The second-order valence-electron chi connectivity index (χ2n) is 33.1. The summed E-state index contributed by atoms with van der Waals surface area (Å²) < 4.78 is 0. The third-order valence-corrected chi connectivity index (χ3v) is 19.6. The molecular weight excluding hydrogens is 1300 g/mol. The van der Waals surface area contributed by atoms with E-state index in [0.29, 0.717) is 56.8 Å². The number of rotatable bonds is 37. The molecule has 20 heteroatoms. The van der Waals surface area contributed by atoms with Crippen molar-refractivity contribution >= 4 is 57.8 Å². The van der Waals surface area contributed by atoms with Gasteiger partial charge in [-0.25, -0.2) is 0 Å². The van der Waals surface area contributed by atoms with Gasteiger partial charge in [-0.2, -0.15) is 0 Å². The Balaban J connectivity index is 0.000000681. The van der Waals surface area contributed by atoms with Crippen LogP contribution in [-0.4, -0.2) is 144 Å². The molecule has 0 heterocycles. The molecule has 10 N–H and O–H groups in total. The number of carbonyl (C=O) groups is 10. The second-order valence-corrected chi connectivity index (χ2v) is 33.1. The predicted octanol–water partition coefficient (Wildman–Crippen LogP) is 13.9. The highest BCUT2D eigenvalue weighted by atomic mass is 16.4. The van der Waals surface area contributed by atoms with E-state index in [1.807, 2.05) is 138 Å². The van der Waals surface area contributed by atoms with Crippen LogP contribution in [0.3, 0.4) is 0 Å². The average molecular weight is 1440 g/mol. The van der Waals surface area contributed by atoms with Gasteiger partial charge >= 0.3 is 0 Å².